The van der Waals surface area contributed by atoms with Gasteiger partial charge in [0.1, 0.15) is 0 Å². The van der Waals surface area contributed by atoms with Crippen molar-refractivity contribution in [1.82, 2.24) is 13.6 Å². The van der Waals surface area contributed by atoms with Crippen LogP contribution >= 0.6 is 24.1 Å². The van der Waals surface area contributed by atoms with Crippen molar-refractivity contribution in [2.75, 3.05) is 13.1 Å². The van der Waals surface area contributed by atoms with Crippen LogP contribution in [-0.2, 0) is 0 Å². The maximum Gasteiger partial charge on any atom is 0.275 e. The molecule has 0 aliphatic carbocycles. The fourth-order valence-electron chi connectivity index (χ4n) is 1.62. The van der Waals surface area contributed by atoms with Crippen LogP contribution < -0.4 is 5.73 Å². The molecule has 1 aliphatic heterocycles. The summed E-state index contributed by atoms with van der Waals surface area (Å²) in [7, 11) is 0. The highest BCUT2D eigenvalue weighted by Gasteiger charge is 2.23. The second-order valence-electron chi connectivity index (χ2n) is 3.45. The van der Waals surface area contributed by atoms with E-state index in [1.165, 1.54) is 6.20 Å². The number of amides is 1. The van der Waals surface area contributed by atoms with E-state index in [9.17, 15) is 4.79 Å². The standard InChI is InChI=1S/C8H12N4OS.ClH/c9-6-2-1-3-12(5-6)8(13)7-4-10-14-11-7;/h4,6H,1-3,5,9H2;1H/t6-;/m1./s1. The molecule has 1 fully saturated rings. The second-order valence-corrected chi connectivity index (χ2v) is 4.00. The van der Waals surface area contributed by atoms with E-state index >= 15 is 0 Å². The highest BCUT2D eigenvalue weighted by molar-refractivity contribution is 6.99. The molecule has 15 heavy (non-hydrogen) atoms. The van der Waals surface area contributed by atoms with Gasteiger partial charge in [-0.15, -0.1) is 12.4 Å². The normalized spacial score (nSPS) is 20.9. The van der Waals surface area contributed by atoms with E-state index in [1.807, 2.05) is 0 Å². The number of carbonyl (C=O) groups excluding carboxylic acids is 1. The minimum absolute atomic E-state index is 0. The summed E-state index contributed by atoms with van der Waals surface area (Å²) in [5.74, 6) is -0.0473. The van der Waals surface area contributed by atoms with Crippen LogP contribution in [0.25, 0.3) is 0 Å². The molecule has 1 aromatic heterocycles. The summed E-state index contributed by atoms with van der Waals surface area (Å²) in [5.41, 5.74) is 6.22. The number of halogens is 1. The first kappa shape index (κ1) is 12.4. The predicted molar refractivity (Wildman–Crippen MR) is 60.3 cm³/mol. The summed E-state index contributed by atoms with van der Waals surface area (Å²) in [5, 5.41) is 0. The van der Waals surface area contributed by atoms with Gasteiger partial charge in [0, 0.05) is 19.1 Å². The molecule has 1 aromatic rings. The van der Waals surface area contributed by atoms with Crippen molar-refractivity contribution >= 4 is 30.0 Å². The van der Waals surface area contributed by atoms with Gasteiger partial charge in [0.15, 0.2) is 5.69 Å². The monoisotopic (exact) mass is 248 g/mol. The van der Waals surface area contributed by atoms with Crippen LogP contribution in [0.1, 0.15) is 23.3 Å². The third-order valence-electron chi connectivity index (χ3n) is 2.33. The van der Waals surface area contributed by atoms with Crippen LogP contribution in [0, 0.1) is 0 Å². The van der Waals surface area contributed by atoms with E-state index in [2.05, 4.69) is 8.75 Å². The number of carbonyl (C=O) groups is 1. The Morgan fingerprint density at radius 1 is 1.67 bits per heavy atom. The number of hydrogen-bond acceptors (Lipinski definition) is 5. The Kier molecular flexibility index (Phi) is 4.44. The first-order valence-corrected chi connectivity index (χ1v) is 5.33. The van der Waals surface area contributed by atoms with Crippen molar-refractivity contribution in [2.45, 2.75) is 18.9 Å². The third-order valence-corrected chi connectivity index (χ3v) is 2.80. The number of aromatic nitrogens is 2. The largest absolute Gasteiger partial charge is 0.336 e. The third kappa shape index (κ3) is 2.87. The minimum atomic E-state index is -0.0473. The first-order valence-electron chi connectivity index (χ1n) is 4.60. The quantitative estimate of drug-likeness (QED) is 0.787. The van der Waals surface area contributed by atoms with Gasteiger partial charge in [0.2, 0.25) is 0 Å². The molecule has 0 aromatic carbocycles. The van der Waals surface area contributed by atoms with Gasteiger partial charge in [-0.25, -0.2) is 0 Å². The highest BCUT2D eigenvalue weighted by atomic mass is 35.5. The van der Waals surface area contributed by atoms with Crippen LogP contribution in [0.3, 0.4) is 0 Å². The Bertz CT molecular complexity index is 318. The molecule has 0 radical (unpaired) electrons. The Morgan fingerprint density at radius 3 is 3.07 bits per heavy atom. The molecule has 5 nitrogen and oxygen atoms in total. The van der Waals surface area contributed by atoms with Crippen molar-refractivity contribution in [3.63, 3.8) is 0 Å². The van der Waals surface area contributed by atoms with Crippen LogP contribution in [0.5, 0.6) is 0 Å². The SMILES string of the molecule is Cl.N[C@@H]1CCCN(C(=O)c2cnsn2)C1. The molecule has 0 bridgehead atoms. The lowest BCUT2D eigenvalue weighted by atomic mass is 10.1. The Hall–Kier alpha value is -0.720. The molecule has 1 saturated heterocycles. The van der Waals surface area contributed by atoms with E-state index in [0.29, 0.717) is 12.2 Å². The van der Waals surface area contributed by atoms with Crippen molar-refractivity contribution in [3.05, 3.63) is 11.9 Å². The molecule has 0 saturated carbocycles. The van der Waals surface area contributed by atoms with Crippen molar-refractivity contribution in [1.29, 1.82) is 0 Å². The highest BCUT2D eigenvalue weighted by Crippen LogP contribution is 2.11. The zero-order valence-electron chi connectivity index (χ0n) is 8.13. The van der Waals surface area contributed by atoms with Gasteiger partial charge < -0.3 is 10.6 Å². The van der Waals surface area contributed by atoms with Crippen LogP contribution in [0.2, 0.25) is 0 Å². The van der Waals surface area contributed by atoms with E-state index in [0.717, 1.165) is 31.1 Å². The summed E-state index contributed by atoms with van der Waals surface area (Å²) in [4.78, 5) is 13.5. The summed E-state index contributed by atoms with van der Waals surface area (Å²) in [6.07, 6.45) is 3.48. The van der Waals surface area contributed by atoms with Crippen LogP contribution in [0.4, 0.5) is 0 Å². The summed E-state index contributed by atoms with van der Waals surface area (Å²) < 4.78 is 7.72. The second kappa shape index (κ2) is 5.39. The molecule has 1 amide bonds. The van der Waals surface area contributed by atoms with Crippen LogP contribution in [0.15, 0.2) is 6.20 Å². The van der Waals surface area contributed by atoms with Gasteiger partial charge in [0.25, 0.3) is 5.91 Å². The van der Waals surface area contributed by atoms with Crippen molar-refractivity contribution < 1.29 is 4.79 Å². The molecule has 2 rings (SSSR count). The molecule has 0 spiro atoms. The average Bonchev–Trinajstić information content (AvgIpc) is 2.69. The first-order chi connectivity index (χ1) is 6.77. The van der Waals surface area contributed by atoms with Gasteiger partial charge >= 0.3 is 0 Å². The number of nitrogens with zero attached hydrogens (tertiary/aromatic N) is 3. The smallest absolute Gasteiger partial charge is 0.275 e. The topological polar surface area (TPSA) is 72.1 Å². The van der Waals surface area contributed by atoms with Gasteiger partial charge in [-0.3, -0.25) is 4.79 Å². The number of nitrogens with two attached hydrogens (primary N) is 1. The van der Waals surface area contributed by atoms with E-state index < -0.39 is 0 Å². The maximum absolute atomic E-state index is 11.8. The lowest BCUT2D eigenvalue weighted by Crippen LogP contribution is -2.45. The summed E-state index contributed by atoms with van der Waals surface area (Å²) in [6, 6.07) is 0.110. The van der Waals surface area contributed by atoms with Gasteiger partial charge in [-0.1, -0.05) is 0 Å². The van der Waals surface area contributed by atoms with Crippen molar-refractivity contribution in [3.8, 4) is 0 Å². The minimum Gasteiger partial charge on any atom is -0.336 e. The molecule has 7 heteroatoms. The van der Waals surface area contributed by atoms with Gasteiger partial charge in [-0.2, -0.15) is 8.75 Å². The fraction of sp³-hybridized carbons (Fsp3) is 0.625. The number of piperidine rings is 1. The molecule has 84 valence electrons. The van der Waals surface area contributed by atoms with Crippen molar-refractivity contribution in [2.24, 2.45) is 5.73 Å². The predicted octanol–water partition coefficient (Wildman–Crippen LogP) is 0.523. The zero-order valence-corrected chi connectivity index (χ0v) is 9.76. The molecule has 0 unspecified atom stereocenters. The Morgan fingerprint density at radius 2 is 2.47 bits per heavy atom. The van der Waals surface area contributed by atoms with Gasteiger partial charge in [0.05, 0.1) is 17.9 Å². The number of likely N-dealkylation sites (tertiary alicyclic amines) is 1. The summed E-state index contributed by atoms with van der Waals surface area (Å²) in [6.45, 7) is 1.42. The van der Waals surface area contributed by atoms with Crippen LogP contribution in [-0.4, -0.2) is 38.7 Å². The maximum atomic E-state index is 11.8. The lowest BCUT2D eigenvalue weighted by Gasteiger charge is -2.30. The molecular formula is C8H13ClN4OS. The Balaban J connectivity index is 0.00000112. The molecule has 1 atom stereocenters. The molecule has 2 N–H and O–H groups in total. The number of hydrogen-bond donors (Lipinski definition) is 1. The van der Waals surface area contributed by atoms with E-state index in [4.69, 9.17) is 5.73 Å². The molecule has 2 heterocycles. The zero-order chi connectivity index (χ0) is 9.97. The lowest BCUT2D eigenvalue weighted by molar-refractivity contribution is 0.0704. The summed E-state index contributed by atoms with van der Waals surface area (Å²) >= 11 is 1.05. The van der Waals surface area contributed by atoms with E-state index in [-0.39, 0.29) is 24.4 Å². The Labute approximate surface area is 98.4 Å². The average molecular weight is 249 g/mol. The molecule has 1 aliphatic rings. The fourth-order valence-corrected chi connectivity index (χ4v) is 2.02. The van der Waals surface area contributed by atoms with E-state index in [1.54, 1.807) is 4.90 Å². The molecular weight excluding hydrogens is 236 g/mol. The van der Waals surface area contributed by atoms with Gasteiger partial charge in [-0.05, 0) is 12.8 Å². The number of rotatable bonds is 1.